The third-order valence-electron chi connectivity index (χ3n) is 5.28. The minimum Gasteiger partial charge on any atom is -0.340 e. The zero-order valence-electron chi connectivity index (χ0n) is 14.3. The number of hydrogen-bond donors (Lipinski definition) is 0. The van der Waals surface area contributed by atoms with Crippen LogP contribution in [-0.4, -0.2) is 22.6 Å². The van der Waals surface area contributed by atoms with Crippen LogP contribution in [0.4, 0.5) is 0 Å². The van der Waals surface area contributed by atoms with Crippen molar-refractivity contribution < 1.29 is 0 Å². The molecule has 0 aliphatic carbocycles. The van der Waals surface area contributed by atoms with Gasteiger partial charge < -0.3 is 4.57 Å². The molecule has 1 aliphatic rings. The van der Waals surface area contributed by atoms with Crippen molar-refractivity contribution in [2.45, 2.75) is 39.2 Å². The third-order valence-corrected chi connectivity index (χ3v) is 5.28. The van der Waals surface area contributed by atoms with Crippen LogP contribution in [0.3, 0.4) is 0 Å². The first-order valence-corrected chi connectivity index (χ1v) is 8.43. The normalized spacial score (nSPS) is 18.8. The Kier molecular flexibility index (Phi) is 4.54. The van der Waals surface area contributed by atoms with E-state index in [1.165, 1.54) is 35.2 Å². The fraction of sp³-hybridized carbons (Fsp3) is 0.450. The Morgan fingerprint density at radius 3 is 2.74 bits per heavy atom. The Hall–Kier alpha value is -2.05. The SMILES string of the molecule is Cc1ccccc1C1CCCN(Cc2cc(C#N)n(C)c2C)C1. The van der Waals surface area contributed by atoms with Gasteiger partial charge in [-0.15, -0.1) is 0 Å². The van der Waals surface area contributed by atoms with Crippen LogP contribution in [0.1, 0.15) is 46.8 Å². The van der Waals surface area contributed by atoms with E-state index in [0.29, 0.717) is 5.92 Å². The number of aryl methyl sites for hydroxylation is 1. The van der Waals surface area contributed by atoms with Gasteiger partial charge in [-0.25, -0.2) is 0 Å². The van der Waals surface area contributed by atoms with E-state index in [0.717, 1.165) is 25.3 Å². The van der Waals surface area contributed by atoms with Crippen LogP contribution >= 0.6 is 0 Å². The average Bonchev–Trinajstić information content (AvgIpc) is 2.83. The van der Waals surface area contributed by atoms with E-state index in [1.54, 1.807) is 0 Å². The van der Waals surface area contributed by atoms with Gasteiger partial charge in [0, 0.05) is 25.8 Å². The quantitative estimate of drug-likeness (QED) is 0.861. The van der Waals surface area contributed by atoms with Crippen LogP contribution in [0, 0.1) is 25.2 Å². The number of likely N-dealkylation sites (tertiary alicyclic amines) is 1. The second kappa shape index (κ2) is 6.60. The summed E-state index contributed by atoms with van der Waals surface area (Å²) in [6.07, 6.45) is 2.52. The minimum absolute atomic E-state index is 0.629. The van der Waals surface area contributed by atoms with Crippen molar-refractivity contribution in [3.8, 4) is 6.07 Å². The number of benzene rings is 1. The molecule has 3 nitrogen and oxygen atoms in total. The molecular weight excluding hydrogens is 282 g/mol. The van der Waals surface area contributed by atoms with Crippen molar-refractivity contribution >= 4 is 0 Å². The fourth-order valence-corrected chi connectivity index (χ4v) is 3.77. The first kappa shape index (κ1) is 15.8. The highest BCUT2D eigenvalue weighted by Crippen LogP contribution is 2.30. The van der Waals surface area contributed by atoms with E-state index < -0.39 is 0 Å². The monoisotopic (exact) mass is 307 g/mol. The number of nitrogens with zero attached hydrogens (tertiary/aromatic N) is 3. The molecule has 2 aromatic rings. The number of piperidine rings is 1. The number of hydrogen-bond acceptors (Lipinski definition) is 2. The maximum Gasteiger partial charge on any atom is 0.120 e. The predicted molar refractivity (Wildman–Crippen MR) is 93.3 cm³/mol. The summed E-state index contributed by atoms with van der Waals surface area (Å²) in [5.41, 5.74) is 6.15. The van der Waals surface area contributed by atoms with Gasteiger partial charge in [0.05, 0.1) is 0 Å². The maximum absolute atomic E-state index is 9.20. The highest BCUT2D eigenvalue weighted by atomic mass is 15.1. The lowest BCUT2D eigenvalue weighted by Crippen LogP contribution is -2.34. The molecule has 1 aromatic heterocycles. The molecule has 0 radical (unpaired) electrons. The van der Waals surface area contributed by atoms with Gasteiger partial charge in [-0.05, 0) is 61.9 Å². The van der Waals surface area contributed by atoms with Crippen molar-refractivity contribution in [1.82, 2.24) is 9.47 Å². The van der Waals surface area contributed by atoms with E-state index >= 15 is 0 Å². The fourth-order valence-electron chi connectivity index (χ4n) is 3.77. The summed E-state index contributed by atoms with van der Waals surface area (Å²) in [5, 5.41) is 9.20. The molecule has 0 amide bonds. The first-order valence-electron chi connectivity index (χ1n) is 8.43. The van der Waals surface area contributed by atoms with E-state index in [9.17, 15) is 5.26 Å². The minimum atomic E-state index is 0.629. The lowest BCUT2D eigenvalue weighted by atomic mass is 9.88. The second-order valence-corrected chi connectivity index (χ2v) is 6.74. The molecule has 1 unspecified atom stereocenters. The molecule has 0 bridgehead atoms. The molecule has 2 heterocycles. The summed E-state index contributed by atoms with van der Waals surface area (Å²) in [4.78, 5) is 2.55. The van der Waals surface area contributed by atoms with Gasteiger partial charge in [0.15, 0.2) is 0 Å². The summed E-state index contributed by atoms with van der Waals surface area (Å²) in [6, 6.07) is 13.1. The summed E-state index contributed by atoms with van der Waals surface area (Å²) < 4.78 is 2.00. The summed E-state index contributed by atoms with van der Waals surface area (Å²) in [6.45, 7) is 7.54. The third kappa shape index (κ3) is 3.18. The lowest BCUT2D eigenvalue weighted by molar-refractivity contribution is 0.199. The molecule has 1 atom stereocenters. The Morgan fingerprint density at radius 2 is 2.04 bits per heavy atom. The van der Waals surface area contributed by atoms with Crippen LogP contribution < -0.4 is 0 Å². The van der Waals surface area contributed by atoms with E-state index in [4.69, 9.17) is 0 Å². The van der Waals surface area contributed by atoms with Gasteiger partial charge in [0.25, 0.3) is 0 Å². The lowest BCUT2D eigenvalue weighted by Gasteiger charge is -2.33. The van der Waals surface area contributed by atoms with Crippen LogP contribution in [0.15, 0.2) is 30.3 Å². The van der Waals surface area contributed by atoms with E-state index in [-0.39, 0.29) is 0 Å². The Bertz CT molecular complexity index is 736. The largest absolute Gasteiger partial charge is 0.340 e. The Morgan fingerprint density at radius 1 is 1.26 bits per heavy atom. The summed E-state index contributed by atoms with van der Waals surface area (Å²) in [7, 11) is 1.98. The average molecular weight is 307 g/mol. The van der Waals surface area contributed by atoms with Crippen LogP contribution in [-0.2, 0) is 13.6 Å². The molecule has 0 spiro atoms. The molecule has 23 heavy (non-hydrogen) atoms. The zero-order valence-corrected chi connectivity index (χ0v) is 14.3. The predicted octanol–water partition coefficient (Wildman–Crippen LogP) is 3.89. The van der Waals surface area contributed by atoms with Gasteiger partial charge in [-0.2, -0.15) is 5.26 Å². The van der Waals surface area contributed by atoms with Crippen LogP contribution in [0.2, 0.25) is 0 Å². The van der Waals surface area contributed by atoms with Crippen molar-refractivity contribution in [3.63, 3.8) is 0 Å². The van der Waals surface area contributed by atoms with E-state index in [1.807, 2.05) is 17.7 Å². The highest BCUT2D eigenvalue weighted by Gasteiger charge is 2.23. The summed E-state index contributed by atoms with van der Waals surface area (Å²) in [5.74, 6) is 0.629. The Balaban J connectivity index is 1.75. The van der Waals surface area contributed by atoms with Crippen molar-refractivity contribution in [2.75, 3.05) is 13.1 Å². The van der Waals surface area contributed by atoms with Gasteiger partial charge in [-0.3, -0.25) is 4.90 Å². The molecule has 3 heteroatoms. The second-order valence-electron chi connectivity index (χ2n) is 6.74. The molecule has 1 fully saturated rings. The van der Waals surface area contributed by atoms with Gasteiger partial charge in [-0.1, -0.05) is 24.3 Å². The molecule has 120 valence electrons. The van der Waals surface area contributed by atoms with E-state index in [2.05, 4.69) is 49.1 Å². The van der Waals surface area contributed by atoms with Crippen molar-refractivity contribution in [3.05, 3.63) is 58.4 Å². The Labute approximate surface area is 139 Å². The molecule has 0 saturated carbocycles. The molecule has 3 rings (SSSR count). The molecule has 1 saturated heterocycles. The highest BCUT2D eigenvalue weighted by molar-refractivity contribution is 5.34. The number of nitriles is 1. The maximum atomic E-state index is 9.20. The van der Waals surface area contributed by atoms with Crippen molar-refractivity contribution in [1.29, 1.82) is 5.26 Å². The van der Waals surface area contributed by atoms with Crippen LogP contribution in [0.5, 0.6) is 0 Å². The van der Waals surface area contributed by atoms with Crippen molar-refractivity contribution in [2.24, 2.45) is 7.05 Å². The number of aromatic nitrogens is 1. The smallest absolute Gasteiger partial charge is 0.120 e. The molecule has 1 aliphatic heterocycles. The standard InChI is InChI=1S/C20H25N3/c1-15-7-4-5-9-20(15)17-8-6-10-23(13-17)14-18-11-19(12-21)22(3)16(18)2/h4-5,7,9,11,17H,6,8,10,13-14H2,1-3H3. The molecule has 1 aromatic carbocycles. The number of rotatable bonds is 3. The first-order chi connectivity index (χ1) is 11.1. The van der Waals surface area contributed by atoms with Crippen LogP contribution in [0.25, 0.3) is 0 Å². The molecular formula is C20H25N3. The zero-order chi connectivity index (χ0) is 16.4. The van der Waals surface area contributed by atoms with Gasteiger partial charge in [0.1, 0.15) is 11.8 Å². The summed E-state index contributed by atoms with van der Waals surface area (Å²) >= 11 is 0. The molecule has 0 N–H and O–H groups in total. The van der Waals surface area contributed by atoms with Gasteiger partial charge >= 0.3 is 0 Å². The topological polar surface area (TPSA) is 32.0 Å². The van der Waals surface area contributed by atoms with Gasteiger partial charge in [0.2, 0.25) is 0 Å².